The van der Waals surface area contributed by atoms with Gasteiger partial charge in [0.2, 0.25) is 0 Å². The van der Waals surface area contributed by atoms with E-state index in [4.69, 9.17) is 11.6 Å². The molecule has 1 aliphatic carbocycles. The standard InChI is InChI=1S/C21H30ClF3Si/c1-26(18-6-4-15(5-7-18)3-2-10-23)11-8-16(9-12-26)17-13-19(24)21(22)20(25)14-17/h13-16,18H,2-12H2,1H3. The Morgan fingerprint density at radius 3 is 2.12 bits per heavy atom. The first kappa shape index (κ1) is 20.3. The van der Waals surface area contributed by atoms with Gasteiger partial charge < -0.3 is 0 Å². The van der Waals surface area contributed by atoms with Gasteiger partial charge >= 0.3 is 0 Å². The lowest BCUT2D eigenvalue weighted by Crippen LogP contribution is -2.41. The topological polar surface area (TPSA) is 0 Å². The molecule has 0 aromatic heterocycles. The van der Waals surface area contributed by atoms with Crippen molar-refractivity contribution in [2.24, 2.45) is 5.92 Å². The molecule has 1 aromatic rings. The van der Waals surface area contributed by atoms with Gasteiger partial charge in [0.05, 0.1) is 14.7 Å². The van der Waals surface area contributed by atoms with E-state index in [1.165, 1.54) is 49.9 Å². The average Bonchev–Trinajstić information content (AvgIpc) is 2.65. The van der Waals surface area contributed by atoms with Gasteiger partial charge in [0.15, 0.2) is 0 Å². The van der Waals surface area contributed by atoms with E-state index in [1.54, 1.807) is 0 Å². The molecule has 2 fully saturated rings. The number of rotatable bonds is 5. The van der Waals surface area contributed by atoms with Crippen molar-refractivity contribution in [2.75, 3.05) is 6.67 Å². The molecule has 2 aliphatic rings. The van der Waals surface area contributed by atoms with Crippen molar-refractivity contribution in [1.29, 1.82) is 0 Å². The first-order chi connectivity index (χ1) is 12.4. The number of hydrogen-bond acceptors (Lipinski definition) is 0. The lowest BCUT2D eigenvalue weighted by atomic mass is 9.86. The van der Waals surface area contributed by atoms with Gasteiger partial charge in [-0.25, -0.2) is 8.78 Å². The molecule has 0 unspecified atom stereocenters. The normalized spacial score (nSPS) is 32.6. The molecule has 1 saturated carbocycles. The summed E-state index contributed by atoms with van der Waals surface area (Å²) < 4.78 is 39.9. The minimum Gasteiger partial charge on any atom is -0.251 e. The molecule has 0 spiro atoms. The van der Waals surface area contributed by atoms with Crippen molar-refractivity contribution < 1.29 is 13.2 Å². The van der Waals surface area contributed by atoms with E-state index in [2.05, 4.69) is 6.55 Å². The Bertz CT molecular complexity index is 582. The van der Waals surface area contributed by atoms with Crippen LogP contribution in [0.2, 0.25) is 29.2 Å². The van der Waals surface area contributed by atoms with Crippen LogP contribution < -0.4 is 0 Å². The van der Waals surface area contributed by atoms with Crippen molar-refractivity contribution in [3.8, 4) is 0 Å². The van der Waals surface area contributed by atoms with Gasteiger partial charge in [-0.05, 0) is 60.8 Å². The molecule has 0 nitrogen and oxygen atoms in total. The molecule has 26 heavy (non-hydrogen) atoms. The largest absolute Gasteiger partial charge is 0.251 e. The highest BCUT2D eigenvalue weighted by Gasteiger charge is 2.41. The Morgan fingerprint density at radius 2 is 1.58 bits per heavy atom. The van der Waals surface area contributed by atoms with Crippen LogP contribution in [-0.4, -0.2) is 14.7 Å². The summed E-state index contributed by atoms with van der Waals surface area (Å²) in [6, 6.07) is 5.36. The zero-order chi connectivity index (χ0) is 18.7. The zero-order valence-corrected chi connectivity index (χ0v) is 17.4. The SMILES string of the molecule is C[Si]1(C2CCC(CCCF)CC2)CCC(c2cc(F)c(Cl)c(F)c2)CC1. The van der Waals surface area contributed by atoms with Gasteiger partial charge in [0.25, 0.3) is 0 Å². The van der Waals surface area contributed by atoms with Crippen LogP contribution in [0.4, 0.5) is 13.2 Å². The fraction of sp³-hybridized carbons (Fsp3) is 0.714. The monoisotopic (exact) mass is 402 g/mol. The van der Waals surface area contributed by atoms with Gasteiger partial charge in [-0.2, -0.15) is 0 Å². The Balaban J connectivity index is 1.56. The Labute approximate surface area is 161 Å². The van der Waals surface area contributed by atoms with Crippen LogP contribution in [0.1, 0.15) is 62.8 Å². The van der Waals surface area contributed by atoms with E-state index in [0.717, 1.165) is 42.7 Å². The molecule has 0 bridgehead atoms. The molecule has 0 radical (unpaired) electrons. The van der Waals surface area contributed by atoms with E-state index < -0.39 is 24.7 Å². The number of hydrogen-bond donors (Lipinski definition) is 0. The van der Waals surface area contributed by atoms with Crippen molar-refractivity contribution >= 4 is 19.7 Å². The van der Waals surface area contributed by atoms with Crippen LogP contribution in [0, 0.1) is 17.6 Å². The summed E-state index contributed by atoms with van der Waals surface area (Å²) >= 11 is 5.61. The minimum atomic E-state index is -1.30. The highest BCUT2D eigenvalue weighted by molar-refractivity contribution is 6.80. The molecule has 1 aromatic carbocycles. The summed E-state index contributed by atoms with van der Waals surface area (Å²) in [6.07, 6.45) is 9.03. The molecule has 3 rings (SSSR count). The highest BCUT2D eigenvalue weighted by atomic mass is 35.5. The maximum Gasteiger partial charge on any atom is 0.145 e. The van der Waals surface area contributed by atoms with Gasteiger partial charge in [0.1, 0.15) is 16.7 Å². The maximum absolute atomic E-state index is 13.8. The second kappa shape index (κ2) is 8.68. The second-order valence-corrected chi connectivity index (χ2v) is 14.3. The third kappa shape index (κ3) is 4.49. The third-order valence-corrected chi connectivity index (χ3v) is 13.0. The summed E-state index contributed by atoms with van der Waals surface area (Å²) in [5.74, 6) is -0.286. The van der Waals surface area contributed by atoms with Gasteiger partial charge in [-0.3, -0.25) is 4.39 Å². The first-order valence-corrected chi connectivity index (χ1v) is 13.5. The summed E-state index contributed by atoms with van der Waals surface area (Å²) in [5, 5.41) is -0.395. The molecule has 0 N–H and O–H groups in total. The van der Waals surface area contributed by atoms with Crippen molar-refractivity contribution in [1.82, 2.24) is 0 Å². The van der Waals surface area contributed by atoms with Crippen molar-refractivity contribution in [2.45, 2.75) is 81.5 Å². The molecule has 5 heteroatoms. The van der Waals surface area contributed by atoms with Gasteiger partial charge in [-0.15, -0.1) is 0 Å². The third-order valence-electron chi connectivity index (χ3n) is 7.18. The average molecular weight is 403 g/mol. The molecule has 146 valence electrons. The molecule has 0 atom stereocenters. The van der Waals surface area contributed by atoms with Crippen molar-refractivity contribution in [3.05, 3.63) is 34.4 Å². The predicted octanol–water partition coefficient (Wildman–Crippen LogP) is 7.88. The molecule has 1 heterocycles. The fourth-order valence-electron chi connectivity index (χ4n) is 5.34. The minimum absolute atomic E-state index is 0.181. The summed E-state index contributed by atoms with van der Waals surface area (Å²) in [7, 11) is -1.30. The molecule has 1 aliphatic heterocycles. The van der Waals surface area contributed by atoms with Gasteiger partial charge in [-0.1, -0.05) is 55.9 Å². The highest BCUT2D eigenvalue weighted by Crippen LogP contribution is 2.49. The number of benzene rings is 1. The van der Waals surface area contributed by atoms with E-state index in [1.807, 2.05) is 0 Å². The van der Waals surface area contributed by atoms with Gasteiger partial charge in [0, 0.05) is 0 Å². The first-order valence-electron chi connectivity index (χ1n) is 10.1. The number of halogens is 4. The maximum atomic E-state index is 13.8. The van der Waals surface area contributed by atoms with E-state index in [0.29, 0.717) is 0 Å². The Hall–Kier alpha value is -0.483. The Morgan fingerprint density at radius 1 is 1.00 bits per heavy atom. The molecular weight excluding hydrogens is 373 g/mol. The van der Waals surface area contributed by atoms with Crippen molar-refractivity contribution in [3.63, 3.8) is 0 Å². The summed E-state index contributed by atoms with van der Waals surface area (Å²) in [6.45, 7) is 2.36. The van der Waals surface area contributed by atoms with Crippen LogP contribution in [0.25, 0.3) is 0 Å². The summed E-state index contributed by atoms with van der Waals surface area (Å²) in [4.78, 5) is 0. The molecule has 1 saturated heterocycles. The van der Waals surface area contributed by atoms with Crippen LogP contribution in [0.5, 0.6) is 0 Å². The summed E-state index contributed by atoms with van der Waals surface area (Å²) in [5.41, 5.74) is 1.65. The quantitative estimate of drug-likeness (QED) is 0.347. The van der Waals surface area contributed by atoms with E-state index >= 15 is 0 Å². The van der Waals surface area contributed by atoms with Crippen LogP contribution >= 0.6 is 11.6 Å². The smallest absolute Gasteiger partial charge is 0.145 e. The van der Waals surface area contributed by atoms with Crippen LogP contribution in [-0.2, 0) is 0 Å². The lowest BCUT2D eigenvalue weighted by molar-refractivity contribution is 0.310. The van der Waals surface area contributed by atoms with Crippen LogP contribution in [0.15, 0.2) is 12.1 Å². The van der Waals surface area contributed by atoms with Crippen LogP contribution in [0.3, 0.4) is 0 Å². The van der Waals surface area contributed by atoms with E-state index in [9.17, 15) is 13.2 Å². The molecule has 0 amide bonds. The fourth-order valence-corrected chi connectivity index (χ4v) is 10.3. The lowest BCUT2D eigenvalue weighted by Gasteiger charge is -2.44. The zero-order valence-electron chi connectivity index (χ0n) is 15.7. The Kier molecular flexibility index (Phi) is 6.76. The molecular formula is C21H30ClF3Si. The van der Waals surface area contributed by atoms with E-state index in [-0.39, 0.29) is 12.6 Å². The predicted molar refractivity (Wildman–Crippen MR) is 105 cm³/mol. The second-order valence-electron chi connectivity index (χ2n) is 8.78. The number of alkyl halides is 1.